The maximum Gasteiger partial charge on any atom is 0.229 e. The standard InChI is InChI=1S/C28H28FN2O/c1-16-13-22-21-9-10-23(29)30-27(21)32-26(22)24(17(16)2)25-20-8-7-18(15-28(3,4)5)14-19(20)11-12-31(25)6/h7-14H,15H2,1-6H3/q+1. The van der Waals surface area contributed by atoms with Gasteiger partial charge in [-0.05, 0) is 72.0 Å². The van der Waals surface area contributed by atoms with Gasteiger partial charge in [0.25, 0.3) is 0 Å². The molecule has 3 heterocycles. The third-order valence-electron chi connectivity index (χ3n) is 6.29. The van der Waals surface area contributed by atoms with Gasteiger partial charge in [-0.2, -0.15) is 9.37 Å². The highest BCUT2D eigenvalue weighted by atomic mass is 19.1. The van der Waals surface area contributed by atoms with E-state index >= 15 is 0 Å². The van der Waals surface area contributed by atoms with Gasteiger partial charge in [-0.15, -0.1) is 0 Å². The molecule has 5 rings (SSSR count). The molecule has 3 aromatic heterocycles. The van der Waals surface area contributed by atoms with Gasteiger partial charge in [0.1, 0.15) is 7.05 Å². The molecule has 0 saturated carbocycles. The lowest BCUT2D eigenvalue weighted by Gasteiger charge is -2.18. The van der Waals surface area contributed by atoms with Crippen molar-refractivity contribution in [2.45, 2.75) is 41.0 Å². The first-order chi connectivity index (χ1) is 15.1. The summed E-state index contributed by atoms with van der Waals surface area (Å²) < 4.78 is 22.1. The van der Waals surface area contributed by atoms with Crippen LogP contribution in [-0.4, -0.2) is 4.98 Å². The molecule has 0 spiro atoms. The largest absolute Gasteiger partial charge is 0.437 e. The first-order valence-electron chi connectivity index (χ1n) is 11.0. The first kappa shape index (κ1) is 20.6. The minimum Gasteiger partial charge on any atom is -0.437 e. The summed E-state index contributed by atoms with van der Waals surface area (Å²) in [6, 6.07) is 14.2. The minimum absolute atomic E-state index is 0.228. The Bertz CT molecular complexity index is 1520. The van der Waals surface area contributed by atoms with Crippen molar-refractivity contribution in [2.75, 3.05) is 0 Å². The van der Waals surface area contributed by atoms with E-state index in [1.807, 2.05) is 0 Å². The van der Waals surface area contributed by atoms with Crippen LogP contribution in [0.15, 0.2) is 53.1 Å². The maximum absolute atomic E-state index is 13.8. The Morgan fingerprint density at radius 1 is 0.969 bits per heavy atom. The molecule has 0 unspecified atom stereocenters. The van der Waals surface area contributed by atoms with E-state index in [1.165, 1.54) is 28.0 Å². The van der Waals surface area contributed by atoms with E-state index in [4.69, 9.17) is 4.42 Å². The van der Waals surface area contributed by atoms with Gasteiger partial charge in [-0.1, -0.05) is 32.9 Å². The SMILES string of the molecule is Cc1cc2c(oc3nc(F)ccc32)c(-c2c3ccc(CC(C)(C)C)cc3cc[n+]2C)c1C. The topological polar surface area (TPSA) is 29.9 Å². The fraction of sp³-hybridized carbons (Fsp3) is 0.286. The molecule has 32 heavy (non-hydrogen) atoms. The third-order valence-corrected chi connectivity index (χ3v) is 6.29. The number of aromatic nitrogens is 2. The highest BCUT2D eigenvalue weighted by molar-refractivity contribution is 6.11. The van der Waals surface area contributed by atoms with Gasteiger partial charge in [0, 0.05) is 16.8 Å². The van der Waals surface area contributed by atoms with E-state index in [0.717, 1.165) is 39.6 Å². The van der Waals surface area contributed by atoms with Crippen LogP contribution in [0.3, 0.4) is 0 Å². The van der Waals surface area contributed by atoms with Crippen molar-refractivity contribution in [2.24, 2.45) is 12.5 Å². The smallest absolute Gasteiger partial charge is 0.229 e. The summed E-state index contributed by atoms with van der Waals surface area (Å²) in [7, 11) is 2.06. The first-order valence-corrected chi connectivity index (χ1v) is 11.0. The molecule has 0 aliphatic rings. The monoisotopic (exact) mass is 427 g/mol. The summed E-state index contributed by atoms with van der Waals surface area (Å²) in [5, 5.41) is 4.17. The molecule has 4 heteroatoms. The molecule has 2 aromatic carbocycles. The van der Waals surface area contributed by atoms with Gasteiger partial charge in [0.2, 0.25) is 17.4 Å². The minimum atomic E-state index is -0.534. The Balaban J connectivity index is 1.85. The van der Waals surface area contributed by atoms with Crippen molar-refractivity contribution in [3.63, 3.8) is 0 Å². The molecular weight excluding hydrogens is 399 g/mol. The predicted molar refractivity (Wildman–Crippen MR) is 128 cm³/mol. The third kappa shape index (κ3) is 3.35. The fourth-order valence-electron chi connectivity index (χ4n) is 4.74. The zero-order chi connectivity index (χ0) is 22.8. The quantitative estimate of drug-likeness (QED) is 0.225. The Labute approximate surface area is 187 Å². The summed E-state index contributed by atoms with van der Waals surface area (Å²) >= 11 is 0. The summed E-state index contributed by atoms with van der Waals surface area (Å²) in [4.78, 5) is 4.00. The number of pyridine rings is 2. The van der Waals surface area contributed by atoms with Crippen LogP contribution in [0.5, 0.6) is 0 Å². The van der Waals surface area contributed by atoms with Crippen molar-refractivity contribution in [3.05, 3.63) is 71.3 Å². The predicted octanol–water partition coefficient (Wildman–Crippen LogP) is 6.97. The van der Waals surface area contributed by atoms with Crippen LogP contribution in [0.4, 0.5) is 4.39 Å². The highest BCUT2D eigenvalue weighted by Crippen LogP contribution is 2.40. The molecule has 0 aliphatic heterocycles. The zero-order valence-corrected chi connectivity index (χ0v) is 19.5. The Kier molecular flexibility index (Phi) is 4.59. The number of halogens is 1. The number of furan rings is 1. The van der Waals surface area contributed by atoms with Crippen LogP contribution in [0.25, 0.3) is 44.1 Å². The van der Waals surface area contributed by atoms with Crippen LogP contribution in [0, 0.1) is 25.2 Å². The van der Waals surface area contributed by atoms with Crippen LogP contribution in [-0.2, 0) is 13.5 Å². The molecule has 0 aliphatic carbocycles. The molecule has 3 nitrogen and oxygen atoms in total. The Hall–Kier alpha value is -3.27. The normalized spacial score (nSPS) is 12.3. The second kappa shape index (κ2) is 7.13. The van der Waals surface area contributed by atoms with Gasteiger partial charge in [0.15, 0.2) is 11.8 Å². The Morgan fingerprint density at radius 3 is 2.47 bits per heavy atom. The van der Waals surface area contributed by atoms with E-state index in [9.17, 15) is 4.39 Å². The van der Waals surface area contributed by atoms with Gasteiger partial charge < -0.3 is 4.42 Å². The number of rotatable bonds is 2. The number of hydrogen-bond donors (Lipinski definition) is 0. The lowest BCUT2D eigenvalue weighted by molar-refractivity contribution is -0.659. The molecule has 0 atom stereocenters. The number of fused-ring (bicyclic) bond motifs is 4. The van der Waals surface area contributed by atoms with Gasteiger partial charge in [-0.25, -0.2) is 4.57 Å². The van der Waals surface area contributed by atoms with E-state index in [-0.39, 0.29) is 5.41 Å². The van der Waals surface area contributed by atoms with E-state index in [0.29, 0.717) is 5.71 Å². The van der Waals surface area contributed by atoms with Crippen molar-refractivity contribution >= 4 is 32.8 Å². The summed E-state index contributed by atoms with van der Waals surface area (Å²) in [5.41, 5.74) is 7.10. The lowest BCUT2D eigenvalue weighted by Crippen LogP contribution is -2.31. The summed E-state index contributed by atoms with van der Waals surface area (Å²) in [5.74, 6) is -0.534. The number of nitrogens with zero attached hydrogens (tertiary/aromatic N) is 2. The molecule has 5 aromatic rings. The average Bonchev–Trinajstić information content (AvgIpc) is 3.05. The van der Waals surface area contributed by atoms with E-state index < -0.39 is 5.95 Å². The highest BCUT2D eigenvalue weighted by Gasteiger charge is 2.25. The number of benzene rings is 2. The number of aryl methyl sites for hydroxylation is 2. The molecule has 0 N–H and O–H groups in total. The second-order valence-electron chi connectivity index (χ2n) is 10.1. The van der Waals surface area contributed by atoms with Crippen LogP contribution < -0.4 is 4.57 Å². The Morgan fingerprint density at radius 2 is 1.72 bits per heavy atom. The molecule has 162 valence electrons. The fourth-order valence-corrected chi connectivity index (χ4v) is 4.74. The molecule has 0 bridgehead atoms. The number of hydrogen-bond acceptors (Lipinski definition) is 2. The van der Waals surface area contributed by atoms with Gasteiger partial charge >= 0.3 is 0 Å². The summed E-state index contributed by atoms with van der Waals surface area (Å²) in [6.07, 6.45) is 3.13. The molecular formula is C28H28FN2O+. The van der Waals surface area contributed by atoms with Crippen LogP contribution in [0.1, 0.15) is 37.5 Å². The van der Waals surface area contributed by atoms with Crippen LogP contribution in [0.2, 0.25) is 0 Å². The molecule has 0 amide bonds. The van der Waals surface area contributed by atoms with Crippen molar-refractivity contribution in [3.8, 4) is 11.3 Å². The average molecular weight is 428 g/mol. The molecule has 0 radical (unpaired) electrons. The van der Waals surface area contributed by atoms with E-state index in [2.05, 4.69) is 87.7 Å². The van der Waals surface area contributed by atoms with Crippen LogP contribution >= 0.6 is 0 Å². The summed E-state index contributed by atoms with van der Waals surface area (Å²) in [6.45, 7) is 11.0. The maximum atomic E-state index is 13.8. The van der Waals surface area contributed by atoms with E-state index in [1.54, 1.807) is 6.07 Å². The van der Waals surface area contributed by atoms with Crippen molar-refractivity contribution in [1.29, 1.82) is 0 Å². The van der Waals surface area contributed by atoms with Crippen molar-refractivity contribution < 1.29 is 13.4 Å². The van der Waals surface area contributed by atoms with Crippen molar-refractivity contribution in [1.82, 2.24) is 4.98 Å². The van der Waals surface area contributed by atoms with Gasteiger partial charge in [-0.3, -0.25) is 0 Å². The molecule has 0 fully saturated rings. The molecule has 0 saturated heterocycles. The zero-order valence-electron chi connectivity index (χ0n) is 19.5. The van der Waals surface area contributed by atoms with Gasteiger partial charge in [0.05, 0.1) is 10.9 Å². The lowest BCUT2D eigenvalue weighted by atomic mass is 9.87. The second-order valence-corrected chi connectivity index (χ2v) is 10.1.